The molecule has 4 nitrogen and oxygen atoms in total. The minimum absolute atomic E-state index is 0.521. The monoisotopic (exact) mass is 214 g/mol. The van der Waals surface area contributed by atoms with Crippen molar-refractivity contribution >= 4 is 5.97 Å². The van der Waals surface area contributed by atoms with E-state index < -0.39 is 11.5 Å². The van der Waals surface area contributed by atoms with Crippen LogP contribution in [-0.2, 0) is 4.79 Å². The molecular formula is C11H22N2O2. The van der Waals surface area contributed by atoms with Crippen molar-refractivity contribution in [3.63, 3.8) is 0 Å². The number of likely N-dealkylation sites (tertiary alicyclic amines) is 1. The molecule has 88 valence electrons. The fraction of sp³-hybridized carbons (Fsp3) is 0.909. The van der Waals surface area contributed by atoms with Crippen LogP contribution in [0.15, 0.2) is 0 Å². The lowest BCUT2D eigenvalue weighted by Gasteiger charge is -2.34. The minimum Gasteiger partial charge on any atom is -0.480 e. The lowest BCUT2D eigenvalue weighted by Crippen LogP contribution is -2.49. The Kier molecular flexibility index (Phi) is 4.11. The maximum Gasteiger partial charge on any atom is 0.323 e. The summed E-state index contributed by atoms with van der Waals surface area (Å²) in [4.78, 5) is 13.2. The van der Waals surface area contributed by atoms with E-state index in [-0.39, 0.29) is 0 Å². The lowest BCUT2D eigenvalue weighted by molar-refractivity contribution is -0.143. The fourth-order valence-corrected chi connectivity index (χ4v) is 1.97. The molecule has 0 spiro atoms. The maximum atomic E-state index is 10.8. The zero-order valence-corrected chi connectivity index (χ0v) is 9.70. The Morgan fingerprint density at radius 1 is 1.60 bits per heavy atom. The summed E-state index contributed by atoms with van der Waals surface area (Å²) in [5, 5.41) is 8.89. The fourth-order valence-electron chi connectivity index (χ4n) is 1.97. The normalized spacial score (nSPS) is 27.3. The molecule has 0 aromatic carbocycles. The Morgan fingerprint density at radius 3 is 2.80 bits per heavy atom. The van der Waals surface area contributed by atoms with Crippen molar-refractivity contribution in [1.29, 1.82) is 0 Å². The van der Waals surface area contributed by atoms with Crippen LogP contribution in [0.1, 0.15) is 39.5 Å². The van der Waals surface area contributed by atoms with E-state index in [9.17, 15) is 4.79 Å². The third-order valence-corrected chi connectivity index (χ3v) is 3.35. The van der Waals surface area contributed by atoms with Crippen LogP contribution in [0.4, 0.5) is 0 Å². The summed E-state index contributed by atoms with van der Waals surface area (Å²) < 4.78 is 0. The Morgan fingerprint density at radius 2 is 2.27 bits per heavy atom. The smallest absolute Gasteiger partial charge is 0.323 e. The highest BCUT2D eigenvalue weighted by molar-refractivity contribution is 5.77. The molecule has 2 unspecified atom stereocenters. The van der Waals surface area contributed by atoms with E-state index in [0.717, 1.165) is 13.1 Å². The van der Waals surface area contributed by atoms with Crippen LogP contribution in [-0.4, -0.2) is 40.6 Å². The van der Waals surface area contributed by atoms with Crippen molar-refractivity contribution in [1.82, 2.24) is 4.90 Å². The third kappa shape index (κ3) is 3.47. The molecule has 1 aliphatic heterocycles. The Labute approximate surface area is 91.4 Å². The SMILES string of the molecule is CC1CCCCN1CCC(C)(N)C(=O)O. The van der Waals surface area contributed by atoms with Crippen molar-refractivity contribution in [3.05, 3.63) is 0 Å². The predicted molar refractivity (Wildman–Crippen MR) is 59.7 cm³/mol. The summed E-state index contributed by atoms with van der Waals surface area (Å²) >= 11 is 0. The molecule has 0 aromatic rings. The van der Waals surface area contributed by atoms with E-state index in [1.54, 1.807) is 6.92 Å². The molecule has 3 N–H and O–H groups in total. The molecule has 1 fully saturated rings. The van der Waals surface area contributed by atoms with E-state index in [4.69, 9.17) is 10.8 Å². The van der Waals surface area contributed by atoms with Gasteiger partial charge in [0.05, 0.1) is 0 Å². The number of rotatable bonds is 4. The first-order valence-electron chi connectivity index (χ1n) is 5.70. The molecule has 0 amide bonds. The van der Waals surface area contributed by atoms with E-state index >= 15 is 0 Å². The summed E-state index contributed by atoms with van der Waals surface area (Å²) in [6.07, 6.45) is 4.25. The zero-order valence-electron chi connectivity index (χ0n) is 9.70. The molecule has 0 radical (unpaired) electrons. The van der Waals surface area contributed by atoms with Crippen molar-refractivity contribution in [2.45, 2.75) is 51.1 Å². The molecule has 15 heavy (non-hydrogen) atoms. The molecule has 0 aromatic heterocycles. The largest absolute Gasteiger partial charge is 0.480 e. The van der Waals surface area contributed by atoms with Gasteiger partial charge in [0.25, 0.3) is 0 Å². The van der Waals surface area contributed by atoms with Crippen molar-refractivity contribution in [2.75, 3.05) is 13.1 Å². The van der Waals surface area contributed by atoms with Crippen LogP contribution in [0.3, 0.4) is 0 Å². The average Bonchev–Trinajstić information content (AvgIpc) is 2.16. The van der Waals surface area contributed by atoms with Gasteiger partial charge >= 0.3 is 5.97 Å². The van der Waals surface area contributed by atoms with E-state index in [1.807, 2.05) is 0 Å². The van der Waals surface area contributed by atoms with E-state index in [1.165, 1.54) is 19.3 Å². The quantitative estimate of drug-likeness (QED) is 0.734. The Balaban J connectivity index is 2.38. The zero-order chi connectivity index (χ0) is 11.5. The van der Waals surface area contributed by atoms with Crippen molar-refractivity contribution in [3.8, 4) is 0 Å². The average molecular weight is 214 g/mol. The highest BCUT2D eigenvalue weighted by Crippen LogP contribution is 2.18. The van der Waals surface area contributed by atoms with Crippen LogP contribution in [0.25, 0.3) is 0 Å². The van der Waals surface area contributed by atoms with Gasteiger partial charge in [0, 0.05) is 12.6 Å². The van der Waals surface area contributed by atoms with E-state index in [2.05, 4.69) is 11.8 Å². The predicted octanol–water partition coefficient (Wildman–Crippen LogP) is 1.05. The van der Waals surface area contributed by atoms with Crippen molar-refractivity contribution in [2.24, 2.45) is 5.73 Å². The topological polar surface area (TPSA) is 66.6 Å². The summed E-state index contributed by atoms with van der Waals surface area (Å²) in [6, 6.07) is 0.573. The molecule has 0 aliphatic carbocycles. The van der Waals surface area contributed by atoms with Gasteiger partial charge in [-0.1, -0.05) is 6.42 Å². The van der Waals surface area contributed by atoms with Gasteiger partial charge in [0.15, 0.2) is 0 Å². The summed E-state index contributed by atoms with van der Waals surface area (Å²) in [5.41, 5.74) is 4.61. The van der Waals surface area contributed by atoms with Crippen LogP contribution >= 0.6 is 0 Å². The number of carbonyl (C=O) groups is 1. The van der Waals surface area contributed by atoms with Crippen LogP contribution in [0.5, 0.6) is 0 Å². The molecule has 2 atom stereocenters. The highest BCUT2D eigenvalue weighted by Gasteiger charge is 2.29. The summed E-state index contributed by atoms with van der Waals surface area (Å²) in [7, 11) is 0. The Bertz CT molecular complexity index is 229. The molecule has 1 rings (SSSR count). The second-order valence-corrected chi connectivity index (χ2v) is 4.85. The molecule has 4 heteroatoms. The molecule has 0 bridgehead atoms. The summed E-state index contributed by atoms with van der Waals surface area (Å²) in [5.74, 6) is -0.910. The number of hydrogen-bond acceptors (Lipinski definition) is 3. The highest BCUT2D eigenvalue weighted by atomic mass is 16.4. The molecule has 0 saturated carbocycles. The molecule has 1 aliphatic rings. The number of hydrogen-bond donors (Lipinski definition) is 2. The molecular weight excluding hydrogens is 192 g/mol. The van der Waals surface area contributed by atoms with Gasteiger partial charge in [-0.2, -0.15) is 0 Å². The lowest BCUT2D eigenvalue weighted by atomic mass is 9.97. The number of nitrogens with zero attached hydrogens (tertiary/aromatic N) is 1. The number of carboxylic acids is 1. The van der Waals surface area contributed by atoms with Gasteiger partial charge in [0.1, 0.15) is 5.54 Å². The van der Waals surface area contributed by atoms with Gasteiger partial charge in [-0.05, 0) is 39.7 Å². The Hall–Kier alpha value is -0.610. The van der Waals surface area contributed by atoms with Crippen LogP contribution in [0, 0.1) is 0 Å². The van der Waals surface area contributed by atoms with Gasteiger partial charge in [-0.15, -0.1) is 0 Å². The number of nitrogens with two attached hydrogens (primary N) is 1. The standard InChI is InChI=1S/C11H22N2O2/c1-9-5-3-4-7-13(9)8-6-11(2,12)10(14)15/h9H,3-8,12H2,1-2H3,(H,14,15). The first-order valence-corrected chi connectivity index (χ1v) is 5.70. The van der Waals surface area contributed by atoms with Crippen molar-refractivity contribution < 1.29 is 9.90 Å². The van der Waals surface area contributed by atoms with Gasteiger partial charge < -0.3 is 15.7 Å². The molecule has 1 saturated heterocycles. The van der Waals surface area contributed by atoms with Gasteiger partial charge in [0.2, 0.25) is 0 Å². The van der Waals surface area contributed by atoms with Gasteiger partial charge in [-0.3, -0.25) is 4.79 Å². The minimum atomic E-state index is -1.09. The maximum absolute atomic E-state index is 10.8. The second kappa shape index (κ2) is 4.94. The number of carboxylic acid groups (broad SMARTS) is 1. The first kappa shape index (κ1) is 12.5. The van der Waals surface area contributed by atoms with E-state index in [0.29, 0.717) is 12.5 Å². The second-order valence-electron chi connectivity index (χ2n) is 4.85. The summed E-state index contributed by atoms with van der Waals surface area (Å²) in [6.45, 7) is 5.66. The molecule has 1 heterocycles. The number of piperidine rings is 1. The van der Waals surface area contributed by atoms with Crippen LogP contribution < -0.4 is 5.73 Å². The third-order valence-electron chi connectivity index (χ3n) is 3.35. The first-order chi connectivity index (χ1) is 6.93. The number of aliphatic carboxylic acids is 1. The van der Waals surface area contributed by atoms with Crippen LogP contribution in [0.2, 0.25) is 0 Å². The van der Waals surface area contributed by atoms with Gasteiger partial charge in [-0.25, -0.2) is 0 Å².